The summed E-state index contributed by atoms with van der Waals surface area (Å²) in [4.78, 5) is 11.1. The van der Waals surface area contributed by atoms with Gasteiger partial charge in [0.25, 0.3) is 0 Å². The summed E-state index contributed by atoms with van der Waals surface area (Å²) < 4.78 is 1.61. The van der Waals surface area contributed by atoms with E-state index in [1.165, 1.54) is 12.4 Å². The second-order valence-electron chi connectivity index (χ2n) is 3.22. The van der Waals surface area contributed by atoms with Gasteiger partial charge in [0.2, 0.25) is 0 Å². The minimum Gasteiger partial charge on any atom is -0.478 e. The fourth-order valence-electron chi connectivity index (χ4n) is 1.44. The van der Waals surface area contributed by atoms with Gasteiger partial charge in [0.15, 0.2) is 0 Å². The van der Waals surface area contributed by atoms with E-state index in [1.54, 1.807) is 16.7 Å². The topological polar surface area (TPSA) is 68.0 Å². The molecule has 1 aromatic carbocycles. The first-order chi connectivity index (χ1) is 8.13. The molecule has 0 unspecified atom stereocenters. The number of aromatic nitrogens is 3. The lowest BCUT2D eigenvalue weighted by Gasteiger charge is -2.08. The summed E-state index contributed by atoms with van der Waals surface area (Å²) in [5, 5.41) is 17.6. The predicted molar refractivity (Wildman–Crippen MR) is 66.0 cm³/mol. The van der Waals surface area contributed by atoms with Crippen molar-refractivity contribution in [2.75, 3.05) is 0 Å². The van der Waals surface area contributed by atoms with Crippen LogP contribution in [-0.4, -0.2) is 25.8 Å². The highest BCUT2D eigenvalue weighted by atomic mass is 79.9. The van der Waals surface area contributed by atoms with Gasteiger partial charge in [-0.1, -0.05) is 27.5 Å². The molecule has 2 aromatic rings. The Hall–Kier alpha value is -1.40. The summed E-state index contributed by atoms with van der Waals surface area (Å²) >= 11 is 9.05. The van der Waals surface area contributed by atoms with Gasteiger partial charge in [0.05, 0.1) is 16.6 Å². The highest BCUT2D eigenvalue weighted by Gasteiger charge is 2.14. The van der Waals surface area contributed by atoms with Gasteiger partial charge in [-0.05, 0) is 18.2 Å². The Morgan fingerprint density at radius 2 is 2.29 bits per heavy atom. The van der Waals surface area contributed by atoms with Gasteiger partial charge in [-0.2, -0.15) is 0 Å². The molecule has 1 aromatic heterocycles. The fraction of sp³-hybridized carbons (Fsp3) is 0.100. The molecule has 0 aliphatic heterocycles. The van der Waals surface area contributed by atoms with Gasteiger partial charge in [-0.25, -0.2) is 4.79 Å². The molecule has 0 bridgehead atoms. The molecule has 0 aliphatic rings. The summed E-state index contributed by atoms with van der Waals surface area (Å²) in [5.41, 5.74) is 0.598. The van der Waals surface area contributed by atoms with E-state index in [9.17, 15) is 4.79 Å². The zero-order valence-corrected chi connectivity index (χ0v) is 10.8. The monoisotopic (exact) mass is 315 g/mol. The smallest absolute Gasteiger partial charge is 0.337 e. The molecule has 88 valence electrons. The molecular formula is C10H7BrClN3O2. The Bertz CT molecular complexity index is 570. The number of carboxylic acid groups (broad SMARTS) is 1. The second kappa shape index (κ2) is 4.85. The number of hydrogen-bond acceptors (Lipinski definition) is 3. The van der Waals surface area contributed by atoms with Crippen LogP contribution in [0.15, 0.2) is 24.5 Å². The molecule has 1 heterocycles. The van der Waals surface area contributed by atoms with Gasteiger partial charge >= 0.3 is 5.97 Å². The van der Waals surface area contributed by atoms with E-state index in [0.29, 0.717) is 21.9 Å². The van der Waals surface area contributed by atoms with Crippen molar-refractivity contribution in [2.45, 2.75) is 5.33 Å². The van der Waals surface area contributed by atoms with E-state index in [1.807, 2.05) is 0 Å². The molecule has 0 spiro atoms. The molecule has 0 fully saturated rings. The van der Waals surface area contributed by atoms with Crippen LogP contribution in [0.3, 0.4) is 0 Å². The van der Waals surface area contributed by atoms with Gasteiger partial charge in [-0.3, -0.25) is 4.57 Å². The maximum absolute atomic E-state index is 11.1. The maximum Gasteiger partial charge on any atom is 0.337 e. The molecule has 0 aliphatic carbocycles. The van der Waals surface area contributed by atoms with Crippen LogP contribution in [0.5, 0.6) is 0 Å². The highest BCUT2D eigenvalue weighted by Crippen LogP contribution is 2.21. The van der Waals surface area contributed by atoms with Crippen molar-refractivity contribution >= 4 is 33.5 Å². The minimum atomic E-state index is -1.04. The average Bonchev–Trinajstić information content (AvgIpc) is 2.76. The molecule has 0 atom stereocenters. The van der Waals surface area contributed by atoms with Crippen molar-refractivity contribution < 1.29 is 9.90 Å². The van der Waals surface area contributed by atoms with Gasteiger partial charge in [0.1, 0.15) is 12.2 Å². The first-order valence-corrected chi connectivity index (χ1v) is 6.11. The summed E-state index contributed by atoms with van der Waals surface area (Å²) in [6.45, 7) is 0. The molecule has 0 radical (unpaired) electrons. The van der Waals surface area contributed by atoms with Crippen LogP contribution in [0.1, 0.15) is 16.2 Å². The summed E-state index contributed by atoms with van der Waals surface area (Å²) in [6, 6.07) is 4.65. The van der Waals surface area contributed by atoms with E-state index >= 15 is 0 Å². The number of nitrogens with zero attached hydrogens (tertiary/aromatic N) is 3. The van der Waals surface area contributed by atoms with E-state index in [0.717, 1.165) is 0 Å². The van der Waals surface area contributed by atoms with Crippen LogP contribution in [0.2, 0.25) is 5.02 Å². The van der Waals surface area contributed by atoms with Crippen LogP contribution >= 0.6 is 27.5 Å². The van der Waals surface area contributed by atoms with Crippen molar-refractivity contribution in [3.63, 3.8) is 0 Å². The number of hydrogen-bond donors (Lipinski definition) is 1. The molecule has 0 amide bonds. The highest BCUT2D eigenvalue weighted by molar-refractivity contribution is 9.08. The van der Waals surface area contributed by atoms with Crippen molar-refractivity contribution in [3.05, 3.63) is 40.9 Å². The van der Waals surface area contributed by atoms with Crippen LogP contribution in [-0.2, 0) is 5.33 Å². The van der Waals surface area contributed by atoms with E-state index in [2.05, 4.69) is 26.1 Å². The van der Waals surface area contributed by atoms with E-state index in [4.69, 9.17) is 16.7 Å². The lowest BCUT2D eigenvalue weighted by molar-refractivity contribution is 0.0697. The molecule has 7 heteroatoms. The van der Waals surface area contributed by atoms with Crippen molar-refractivity contribution in [1.82, 2.24) is 14.8 Å². The van der Waals surface area contributed by atoms with Crippen LogP contribution in [0, 0.1) is 0 Å². The van der Waals surface area contributed by atoms with Crippen LogP contribution < -0.4 is 0 Å². The molecule has 0 saturated carbocycles. The minimum absolute atomic E-state index is 0.111. The summed E-state index contributed by atoms with van der Waals surface area (Å²) in [5.74, 6) is -0.424. The Balaban J connectivity index is 2.63. The zero-order valence-electron chi connectivity index (χ0n) is 8.47. The Morgan fingerprint density at radius 1 is 1.53 bits per heavy atom. The summed E-state index contributed by atoms with van der Waals surface area (Å²) in [7, 11) is 0. The number of rotatable bonds is 3. The molecule has 1 N–H and O–H groups in total. The number of aromatic carboxylic acids is 1. The number of benzene rings is 1. The molecule has 17 heavy (non-hydrogen) atoms. The summed E-state index contributed by atoms with van der Waals surface area (Å²) in [6.07, 6.45) is 1.46. The van der Waals surface area contributed by atoms with Crippen LogP contribution in [0.4, 0.5) is 0 Å². The Labute approximate surface area is 110 Å². The number of alkyl halides is 1. The number of carbonyl (C=O) groups is 1. The van der Waals surface area contributed by atoms with Gasteiger partial charge < -0.3 is 5.11 Å². The second-order valence-corrected chi connectivity index (χ2v) is 4.21. The SMILES string of the molecule is O=C(O)c1cc(Cl)ccc1-n1cnnc1CBr. The molecule has 5 nitrogen and oxygen atoms in total. The molecule has 0 saturated heterocycles. The maximum atomic E-state index is 11.1. The third kappa shape index (κ3) is 2.32. The molecule has 2 rings (SSSR count). The standard InChI is InChI=1S/C10H7BrClN3O2/c11-4-9-14-13-5-15(9)8-2-1-6(12)3-7(8)10(16)17/h1-3,5H,4H2,(H,16,17). The lowest BCUT2D eigenvalue weighted by Crippen LogP contribution is -2.07. The van der Waals surface area contributed by atoms with E-state index < -0.39 is 5.97 Å². The Morgan fingerprint density at radius 3 is 2.94 bits per heavy atom. The predicted octanol–water partition coefficient (Wildman–Crippen LogP) is 2.51. The first-order valence-electron chi connectivity index (χ1n) is 4.61. The van der Waals surface area contributed by atoms with Crippen LogP contribution in [0.25, 0.3) is 5.69 Å². The third-order valence-corrected chi connectivity index (χ3v) is 2.92. The van der Waals surface area contributed by atoms with Crippen molar-refractivity contribution in [3.8, 4) is 5.69 Å². The fourth-order valence-corrected chi connectivity index (χ4v) is 2.00. The Kier molecular flexibility index (Phi) is 3.44. The van der Waals surface area contributed by atoms with Crippen molar-refractivity contribution in [2.24, 2.45) is 0 Å². The number of halogens is 2. The normalized spacial score (nSPS) is 10.5. The number of carboxylic acids is 1. The first kappa shape index (κ1) is 12.1. The van der Waals surface area contributed by atoms with E-state index in [-0.39, 0.29) is 5.56 Å². The van der Waals surface area contributed by atoms with Gasteiger partial charge in [-0.15, -0.1) is 10.2 Å². The van der Waals surface area contributed by atoms with Crippen molar-refractivity contribution in [1.29, 1.82) is 0 Å². The third-order valence-electron chi connectivity index (χ3n) is 2.19. The zero-order chi connectivity index (χ0) is 12.4. The molecular weight excluding hydrogens is 309 g/mol. The lowest BCUT2D eigenvalue weighted by atomic mass is 10.2. The van der Waals surface area contributed by atoms with Gasteiger partial charge in [0, 0.05) is 5.02 Å². The largest absolute Gasteiger partial charge is 0.478 e. The average molecular weight is 317 g/mol. The quantitative estimate of drug-likeness (QED) is 0.884.